The second-order valence-corrected chi connectivity index (χ2v) is 5.22. The molecule has 0 aromatic heterocycles. The smallest absolute Gasteiger partial charge is 0.290 e. The highest BCUT2D eigenvalue weighted by molar-refractivity contribution is 6.08. The highest BCUT2D eigenvalue weighted by Gasteiger charge is 2.42. The molecule has 2 rings (SSSR count). The topological polar surface area (TPSA) is 66.8 Å². The molecule has 1 atom stereocenters. The van der Waals surface area contributed by atoms with Crippen LogP contribution in [0.5, 0.6) is 5.75 Å². The van der Waals surface area contributed by atoms with Crippen molar-refractivity contribution in [3.63, 3.8) is 0 Å². The Bertz CT molecular complexity index is 621. The van der Waals surface area contributed by atoms with Crippen LogP contribution in [0.15, 0.2) is 35.6 Å². The Morgan fingerprint density at radius 3 is 2.68 bits per heavy atom. The van der Waals surface area contributed by atoms with Crippen molar-refractivity contribution in [2.45, 2.75) is 32.7 Å². The third-order valence-corrected chi connectivity index (χ3v) is 3.80. The number of amides is 1. The molecule has 0 fully saturated rings. The van der Waals surface area contributed by atoms with Crippen LogP contribution in [-0.4, -0.2) is 35.4 Å². The first-order valence-corrected chi connectivity index (χ1v) is 7.46. The number of aliphatic hydroxyl groups excluding tert-OH is 1. The molecule has 1 aliphatic heterocycles. The van der Waals surface area contributed by atoms with E-state index in [1.807, 2.05) is 19.1 Å². The minimum Gasteiger partial charge on any atom is -0.503 e. The van der Waals surface area contributed by atoms with Gasteiger partial charge >= 0.3 is 0 Å². The van der Waals surface area contributed by atoms with E-state index in [9.17, 15) is 14.7 Å². The molecule has 1 aromatic carbocycles. The molecular weight excluding hydrogens is 282 g/mol. The van der Waals surface area contributed by atoms with Gasteiger partial charge in [-0.25, -0.2) is 0 Å². The first kappa shape index (κ1) is 16.1. The first-order chi connectivity index (χ1) is 10.5. The fraction of sp³-hybridized carbons (Fsp3) is 0.412. The lowest BCUT2D eigenvalue weighted by molar-refractivity contribution is -0.129. The lowest BCUT2D eigenvalue weighted by Gasteiger charge is -2.26. The van der Waals surface area contributed by atoms with Gasteiger partial charge in [-0.05, 0) is 24.1 Å². The van der Waals surface area contributed by atoms with Crippen molar-refractivity contribution in [2.24, 2.45) is 0 Å². The van der Waals surface area contributed by atoms with E-state index in [0.717, 1.165) is 12.0 Å². The maximum atomic E-state index is 12.3. The Kier molecular flexibility index (Phi) is 4.85. The number of methoxy groups -OCH3 is 1. The second-order valence-electron chi connectivity index (χ2n) is 5.22. The van der Waals surface area contributed by atoms with Crippen LogP contribution >= 0.6 is 0 Å². The first-order valence-electron chi connectivity index (χ1n) is 7.46. The molecule has 0 bridgehead atoms. The van der Waals surface area contributed by atoms with E-state index in [4.69, 9.17) is 4.74 Å². The van der Waals surface area contributed by atoms with Crippen LogP contribution in [0.1, 0.15) is 38.3 Å². The van der Waals surface area contributed by atoms with Gasteiger partial charge in [0.05, 0.1) is 18.7 Å². The number of nitrogens with zero attached hydrogens (tertiary/aromatic N) is 1. The Morgan fingerprint density at radius 1 is 1.36 bits per heavy atom. The van der Waals surface area contributed by atoms with Crippen molar-refractivity contribution in [3.8, 4) is 5.75 Å². The Balaban J connectivity index is 2.54. The fourth-order valence-corrected chi connectivity index (χ4v) is 2.76. The van der Waals surface area contributed by atoms with Crippen LogP contribution in [0.3, 0.4) is 0 Å². The molecule has 1 amide bonds. The van der Waals surface area contributed by atoms with E-state index >= 15 is 0 Å². The minimum atomic E-state index is -0.546. The van der Waals surface area contributed by atoms with Gasteiger partial charge in [0.1, 0.15) is 5.75 Å². The third-order valence-electron chi connectivity index (χ3n) is 3.80. The molecule has 1 heterocycles. The van der Waals surface area contributed by atoms with E-state index in [0.29, 0.717) is 12.3 Å². The molecular formula is C17H21NO4. The quantitative estimate of drug-likeness (QED) is 0.877. The molecule has 1 aliphatic rings. The van der Waals surface area contributed by atoms with Gasteiger partial charge in [-0.1, -0.05) is 26.0 Å². The summed E-state index contributed by atoms with van der Waals surface area (Å²) < 4.78 is 5.22. The van der Waals surface area contributed by atoms with Crippen molar-refractivity contribution in [1.29, 1.82) is 0 Å². The van der Waals surface area contributed by atoms with Crippen LogP contribution in [0.4, 0.5) is 0 Å². The van der Waals surface area contributed by atoms with Crippen molar-refractivity contribution in [2.75, 3.05) is 13.7 Å². The van der Waals surface area contributed by atoms with Crippen LogP contribution in [0.2, 0.25) is 0 Å². The van der Waals surface area contributed by atoms with Crippen LogP contribution in [0, 0.1) is 0 Å². The lowest BCUT2D eigenvalue weighted by Crippen LogP contribution is -2.31. The number of ketones is 1. The summed E-state index contributed by atoms with van der Waals surface area (Å²) in [6.07, 6.45) is 0.986. The summed E-state index contributed by atoms with van der Waals surface area (Å²) in [6, 6.07) is 6.70. The molecule has 5 heteroatoms. The maximum Gasteiger partial charge on any atom is 0.290 e. The summed E-state index contributed by atoms with van der Waals surface area (Å²) in [4.78, 5) is 26.1. The second kappa shape index (κ2) is 6.64. The van der Waals surface area contributed by atoms with Gasteiger partial charge in [-0.2, -0.15) is 0 Å². The molecule has 0 saturated heterocycles. The zero-order valence-corrected chi connectivity index (χ0v) is 13.1. The van der Waals surface area contributed by atoms with Gasteiger partial charge in [-0.3, -0.25) is 9.59 Å². The van der Waals surface area contributed by atoms with E-state index < -0.39 is 17.7 Å². The minimum absolute atomic E-state index is 0.189. The summed E-state index contributed by atoms with van der Waals surface area (Å²) in [5, 5.41) is 10.2. The predicted octanol–water partition coefficient (Wildman–Crippen LogP) is 2.78. The predicted molar refractivity (Wildman–Crippen MR) is 82.7 cm³/mol. The molecule has 5 nitrogen and oxygen atoms in total. The summed E-state index contributed by atoms with van der Waals surface area (Å²) in [6.45, 7) is 4.15. The summed E-state index contributed by atoms with van der Waals surface area (Å²) in [7, 11) is 1.56. The molecule has 0 saturated carbocycles. The Morgan fingerprint density at radius 2 is 2.09 bits per heavy atom. The van der Waals surface area contributed by atoms with E-state index in [1.54, 1.807) is 31.1 Å². The van der Waals surface area contributed by atoms with Crippen molar-refractivity contribution >= 4 is 11.7 Å². The summed E-state index contributed by atoms with van der Waals surface area (Å²) >= 11 is 0. The maximum absolute atomic E-state index is 12.3. The number of aliphatic hydroxyl groups is 1. The number of carbonyl (C=O) groups excluding carboxylic acids is 2. The van der Waals surface area contributed by atoms with Crippen LogP contribution in [-0.2, 0) is 9.59 Å². The van der Waals surface area contributed by atoms with Gasteiger partial charge in [0.15, 0.2) is 11.5 Å². The zero-order valence-electron chi connectivity index (χ0n) is 13.1. The fourth-order valence-electron chi connectivity index (χ4n) is 2.76. The molecule has 1 aromatic rings. The molecule has 0 aliphatic carbocycles. The molecule has 1 unspecified atom stereocenters. The number of carbonyl (C=O) groups is 2. The van der Waals surface area contributed by atoms with Crippen LogP contribution < -0.4 is 4.74 Å². The number of ether oxygens (including phenoxy) is 1. The van der Waals surface area contributed by atoms with Gasteiger partial charge in [-0.15, -0.1) is 0 Å². The highest BCUT2D eigenvalue weighted by Crippen LogP contribution is 2.39. The normalized spacial score (nSPS) is 18.0. The Hall–Kier alpha value is -2.30. The van der Waals surface area contributed by atoms with E-state index in [-0.39, 0.29) is 17.8 Å². The number of rotatable bonds is 6. The number of benzene rings is 1. The third kappa shape index (κ3) is 2.71. The van der Waals surface area contributed by atoms with E-state index in [2.05, 4.69) is 0 Å². The number of Topliss-reactive ketones (excluding diaryl/α,β-unsaturated/α-hetero) is 1. The number of hydrogen-bond acceptors (Lipinski definition) is 4. The Labute approximate surface area is 130 Å². The zero-order chi connectivity index (χ0) is 16.3. The number of hydrogen-bond donors (Lipinski definition) is 1. The molecule has 0 radical (unpaired) electrons. The van der Waals surface area contributed by atoms with Gasteiger partial charge < -0.3 is 14.7 Å². The lowest BCUT2D eigenvalue weighted by atomic mass is 9.95. The van der Waals surface area contributed by atoms with Crippen molar-refractivity contribution in [1.82, 2.24) is 4.90 Å². The van der Waals surface area contributed by atoms with Crippen LogP contribution in [0.25, 0.3) is 0 Å². The molecule has 22 heavy (non-hydrogen) atoms. The standard InChI is InChI=1S/C17H21NO4/c1-4-9-18-15(11-7-6-8-12(10-11)22-3)14(13(19)5-2)16(20)17(18)21/h6-8,10,15,20H,4-5,9H2,1-3H3. The summed E-state index contributed by atoms with van der Waals surface area (Å²) in [5.41, 5.74) is 0.955. The summed E-state index contributed by atoms with van der Waals surface area (Å²) in [5.74, 6) is -0.465. The average Bonchev–Trinajstić information content (AvgIpc) is 2.79. The van der Waals surface area contributed by atoms with Crippen molar-refractivity contribution in [3.05, 3.63) is 41.2 Å². The molecule has 0 spiro atoms. The van der Waals surface area contributed by atoms with E-state index in [1.165, 1.54) is 0 Å². The largest absolute Gasteiger partial charge is 0.503 e. The van der Waals surface area contributed by atoms with Gasteiger partial charge in [0, 0.05) is 13.0 Å². The van der Waals surface area contributed by atoms with Gasteiger partial charge in [0.25, 0.3) is 5.91 Å². The SMILES string of the molecule is CCCN1C(=O)C(O)=C(C(=O)CC)C1c1cccc(OC)c1. The van der Waals surface area contributed by atoms with Crippen molar-refractivity contribution < 1.29 is 19.4 Å². The highest BCUT2D eigenvalue weighted by atomic mass is 16.5. The monoisotopic (exact) mass is 303 g/mol. The average molecular weight is 303 g/mol. The molecule has 118 valence electrons. The van der Waals surface area contributed by atoms with Gasteiger partial charge in [0.2, 0.25) is 0 Å². The molecule has 1 N–H and O–H groups in total.